The standard InChI is InChI=1S/C24H35NO4/c1-2-29-22(26)18-12-10-8-6-4-3-5-7-9-11-15-19-25-23(27)20-16-13-14-17-21(20)24(25)28/h13-14,16-17H,2-12,15,18-19H2,1H3. The lowest BCUT2D eigenvalue weighted by Gasteiger charge is -2.13. The maximum absolute atomic E-state index is 12.3. The Morgan fingerprint density at radius 3 is 1.69 bits per heavy atom. The maximum atomic E-state index is 12.3. The second-order valence-electron chi connectivity index (χ2n) is 7.75. The van der Waals surface area contributed by atoms with E-state index in [0.717, 1.165) is 32.1 Å². The zero-order valence-electron chi connectivity index (χ0n) is 17.8. The first kappa shape index (κ1) is 23.1. The molecule has 1 aromatic rings. The minimum atomic E-state index is -0.146. The molecule has 29 heavy (non-hydrogen) atoms. The molecule has 2 rings (SSSR count). The Morgan fingerprint density at radius 2 is 1.21 bits per heavy atom. The van der Waals surface area contributed by atoms with Crippen LogP contribution < -0.4 is 0 Å². The third-order valence-corrected chi connectivity index (χ3v) is 5.45. The Bertz CT molecular complexity index is 636. The molecular formula is C24H35NO4. The monoisotopic (exact) mass is 401 g/mol. The summed E-state index contributed by atoms with van der Waals surface area (Å²) in [5, 5.41) is 0. The van der Waals surface area contributed by atoms with Gasteiger partial charge in [0.15, 0.2) is 0 Å². The van der Waals surface area contributed by atoms with E-state index >= 15 is 0 Å². The molecule has 0 bridgehead atoms. The predicted octanol–water partition coefficient (Wildman–Crippen LogP) is 5.53. The molecule has 0 radical (unpaired) electrons. The van der Waals surface area contributed by atoms with Gasteiger partial charge in [-0.2, -0.15) is 0 Å². The van der Waals surface area contributed by atoms with Crippen molar-refractivity contribution in [2.24, 2.45) is 0 Å². The van der Waals surface area contributed by atoms with E-state index in [0.29, 0.717) is 30.7 Å². The normalized spacial score (nSPS) is 13.1. The summed E-state index contributed by atoms with van der Waals surface area (Å²) in [5.41, 5.74) is 1.08. The number of amides is 2. The first-order valence-electron chi connectivity index (χ1n) is 11.3. The quantitative estimate of drug-likeness (QED) is 0.220. The molecule has 0 N–H and O–H groups in total. The van der Waals surface area contributed by atoms with E-state index in [9.17, 15) is 14.4 Å². The summed E-state index contributed by atoms with van der Waals surface area (Å²) in [5.74, 6) is -0.365. The van der Waals surface area contributed by atoms with Crippen molar-refractivity contribution in [3.8, 4) is 0 Å². The minimum absolute atomic E-state index is 0.0736. The van der Waals surface area contributed by atoms with Gasteiger partial charge >= 0.3 is 5.97 Å². The number of unbranched alkanes of at least 4 members (excludes halogenated alkanes) is 10. The Labute approximate surface area is 174 Å². The molecule has 0 atom stereocenters. The van der Waals surface area contributed by atoms with Crippen LogP contribution in [0.25, 0.3) is 0 Å². The molecule has 0 spiro atoms. The zero-order valence-corrected chi connectivity index (χ0v) is 17.8. The van der Waals surface area contributed by atoms with Gasteiger partial charge in [0.2, 0.25) is 0 Å². The summed E-state index contributed by atoms with van der Waals surface area (Å²) >= 11 is 0. The molecule has 5 heteroatoms. The molecule has 0 unspecified atom stereocenters. The zero-order chi connectivity index (χ0) is 20.9. The Hall–Kier alpha value is -2.17. The van der Waals surface area contributed by atoms with Crippen LogP contribution in [-0.4, -0.2) is 35.8 Å². The van der Waals surface area contributed by atoms with Gasteiger partial charge in [-0.3, -0.25) is 19.3 Å². The average Bonchev–Trinajstić information content (AvgIpc) is 2.96. The van der Waals surface area contributed by atoms with Gasteiger partial charge in [0.05, 0.1) is 17.7 Å². The Morgan fingerprint density at radius 1 is 0.759 bits per heavy atom. The molecule has 5 nitrogen and oxygen atoms in total. The smallest absolute Gasteiger partial charge is 0.305 e. The van der Waals surface area contributed by atoms with Crippen LogP contribution in [-0.2, 0) is 9.53 Å². The summed E-state index contributed by atoms with van der Waals surface area (Å²) in [7, 11) is 0. The average molecular weight is 402 g/mol. The fraction of sp³-hybridized carbons (Fsp3) is 0.625. The number of ether oxygens (including phenoxy) is 1. The lowest BCUT2D eigenvalue weighted by Crippen LogP contribution is -2.30. The number of carbonyl (C=O) groups is 3. The number of imide groups is 1. The third kappa shape index (κ3) is 7.64. The first-order valence-corrected chi connectivity index (χ1v) is 11.3. The highest BCUT2D eigenvalue weighted by atomic mass is 16.5. The van der Waals surface area contributed by atoms with Crippen molar-refractivity contribution in [2.45, 2.75) is 84.0 Å². The summed E-state index contributed by atoms with van der Waals surface area (Å²) in [4.78, 5) is 37.2. The molecule has 1 aromatic carbocycles. The molecule has 0 fully saturated rings. The molecular weight excluding hydrogens is 366 g/mol. The number of esters is 1. The number of hydrogen-bond donors (Lipinski definition) is 0. The van der Waals surface area contributed by atoms with Crippen molar-refractivity contribution in [3.63, 3.8) is 0 Å². The van der Waals surface area contributed by atoms with Crippen LogP contribution in [0.5, 0.6) is 0 Å². The predicted molar refractivity (Wildman–Crippen MR) is 114 cm³/mol. The number of nitrogens with zero attached hydrogens (tertiary/aromatic N) is 1. The van der Waals surface area contributed by atoms with Crippen LogP contribution in [0.1, 0.15) is 105 Å². The van der Waals surface area contributed by atoms with Crippen LogP contribution >= 0.6 is 0 Å². The fourth-order valence-electron chi connectivity index (χ4n) is 3.81. The highest BCUT2D eigenvalue weighted by molar-refractivity contribution is 6.21. The summed E-state index contributed by atoms with van der Waals surface area (Å²) in [6, 6.07) is 7.07. The van der Waals surface area contributed by atoms with Crippen molar-refractivity contribution in [2.75, 3.05) is 13.2 Å². The highest BCUT2D eigenvalue weighted by Gasteiger charge is 2.34. The lowest BCUT2D eigenvalue weighted by atomic mass is 10.1. The van der Waals surface area contributed by atoms with Gasteiger partial charge in [0.25, 0.3) is 11.8 Å². The molecule has 2 amide bonds. The van der Waals surface area contributed by atoms with Gasteiger partial charge in [0, 0.05) is 13.0 Å². The summed E-state index contributed by atoms with van der Waals surface area (Å²) < 4.78 is 4.92. The van der Waals surface area contributed by atoms with Gasteiger partial charge in [0.1, 0.15) is 0 Å². The summed E-state index contributed by atoms with van der Waals surface area (Å²) in [6.45, 7) is 2.84. The molecule has 0 aromatic heterocycles. The van der Waals surface area contributed by atoms with Crippen molar-refractivity contribution in [1.82, 2.24) is 4.90 Å². The van der Waals surface area contributed by atoms with Crippen molar-refractivity contribution in [3.05, 3.63) is 35.4 Å². The number of rotatable bonds is 15. The van der Waals surface area contributed by atoms with E-state index < -0.39 is 0 Å². The molecule has 160 valence electrons. The molecule has 0 aliphatic carbocycles. The van der Waals surface area contributed by atoms with Crippen molar-refractivity contribution >= 4 is 17.8 Å². The van der Waals surface area contributed by atoms with E-state index in [4.69, 9.17) is 4.74 Å². The molecule has 0 saturated carbocycles. The number of benzene rings is 1. The fourth-order valence-corrected chi connectivity index (χ4v) is 3.81. The molecule has 1 heterocycles. The van der Waals surface area contributed by atoms with Crippen LogP contribution in [0.4, 0.5) is 0 Å². The topological polar surface area (TPSA) is 63.7 Å². The van der Waals surface area contributed by atoms with E-state index in [1.807, 2.05) is 6.92 Å². The van der Waals surface area contributed by atoms with Gasteiger partial charge in [-0.1, -0.05) is 69.9 Å². The largest absolute Gasteiger partial charge is 0.466 e. The van der Waals surface area contributed by atoms with Crippen LogP contribution in [0, 0.1) is 0 Å². The second kappa shape index (κ2) is 13.1. The van der Waals surface area contributed by atoms with Crippen molar-refractivity contribution in [1.29, 1.82) is 0 Å². The summed E-state index contributed by atoms with van der Waals surface area (Å²) in [6.07, 6.45) is 13.1. The van der Waals surface area contributed by atoms with E-state index in [1.165, 1.54) is 43.4 Å². The molecule has 1 aliphatic heterocycles. The van der Waals surface area contributed by atoms with Crippen LogP contribution in [0.2, 0.25) is 0 Å². The molecule has 1 aliphatic rings. The van der Waals surface area contributed by atoms with E-state index in [-0.39, 0.29) is 17.8 Å². The van der Waals surface area contributed by atoms with Gasteiger partial charge in [-0.25, -0.2) is 0 Å². The number of hydrogen-bond acceptors (Lipinski definition) is 4. The molecule has 0 saturated heterocycles. The van der Waals surface area contributed by atoms with Crippen molar-refractivity contribution < 1.29 is 19.1 Å². The highest BCUT2D eigenvalue weighted by Crippen LogP contribution is 2.23. The Kier molecular flexibility index (Phi) is 10.5. The van der Waals surface area contributed by atoms with Crippen LogP contribution in [0.15, 0.2) is 24.3 Å². The number of carbonyl (C=O) groups excluding carboxylic acids is 3. The first-order chi connectivity index (χ1) is 14.1. The maximum Gasteiger partial charge on any atom is 0.305 e. The SMILES string of the molecule is CCOC(=O)CCCCCCCCCCCCCN1C(=O)c2ccccc2C1=O. The van der Waals surface area contributed by atoms with E-state index in [2.05, 4.69) is 0 Å². The van der Waals surface area contributed by atoms with Gasteiger partial charge in [-0.15, -0.1) is 0 Å². The number of fused-ring (bicyclic) bond motifs is 1. The van der Waals surface area contributed by atoms with E-state index in [1.54, 1.807) is 24.3 Å². The van der Waals surface area contributed by atoms with Crippen LogP contribution in [0.3, 0.4) is 0 Å². The lowest BCUT2D eigenvalue weighted by molar-refractivity contribution is -0.143. The van der Waals surface area contributed by atoms with Gasteiger partial charge in [-0.05, 0) is 31.9 Å². The second-order valence-corrected chi connectivity index (χ2v) is 7.75. The third-order valence-electron chi connectivity index (χ3n) is 5.45. The van der Waals surface area contributed by atoms with Gasteiger partial charge < -0.3 is 4.74 Å². The minimum Gasteiger partial charge on any atom is -0.466 e. The Balaban J connectivity index is 1.40.